The second-order valence-electron chi connectivity index (χ2n) is 0. The summed E-state index contributed by atoms with van der Waals surface area (Å²) in [7, 11) is 0. The average Bonchev–Trinajstić information content (AvgIpc) is 0. The molecule has 0 aliphatic carbocycles. The van der Waals surface area contributed by atoms with E-state index in [0.717, 1.165) is 0 Å². The number of hydrogen-bond acceptors (Lipinski definition) is 0. The van der Waals surface area contributed by atoms with Gasteiger partial charge in [-0.2, -0.15) is 0 Å². The van der Waals surface area contributed by atoms with Crippen LogP contribution in [0.25, 0.3) is 0 Å². The van der Waals surface area contributed by atoms with Crippen molar-refractivity contribution in [2.45, 2.75) is 0 Å². The smallest absolute Gasteiger partial charge is 0 e. The van der Waals surface area contributed by atoms with E-state index in [-0.39, 0.29) is 160 Å². The molecule has 0 aromatic rings. The second-order valence-corrected chi connectivity index (χ2v) is 0. The summed E-state index contributed by atoms with van der Waals surface area (Å²) in [6.45, 7) is 0. The minimum atomic E-state index is 0. The van der Waals surface area contributed by atoms with Crippen LogP contribution in [0.1, 0.15) is 0 Å². The molecule has 0 nitrogen and oxygen atoms in total. The van der Waals surface area contributed by atoms with Crippen LogP contribution in [0.4, 0.5) is 0 Å². The predicted molar refractivity (Wildman–Crippen MR) is 8.54 cm³/mol. The van der Waals surface area contributed by atoms with Crippen molar-refractivity contribution in [3.05, 3.63) is 0 Å². The number of rotatable bonds is 0. The van der Waals surface area contributed by atoms with Gasteiger partial charge in [-0.1, -0.05) is 0 Å². The first-order valence-electron chi connectivity index (χ1n) is 0. The molecule has 0 saturated carbocycles. The SMILES string of the molecule is [BaH2].[Gd].[Tb].[Y]. The zero-order valence-electron chi connectivity index (χ0n) is 1.26. The molecule has 0 atom stereocenters. The van der Waals surface area contributed by atoms with Crippen molar-refractivity contribution in [1.29, 1.82) is 0 Å². The van der Waals surface area contributed by atoms with Gasteiger partial charge in [0.25, 0.3) is 0 Å². The van der Waals surface area contributed by atoms with E-state index < -0.39 is 0 Å². The van der Waals surface area contributed by atoms with Gasteiger partial charge in [-0.25, -0.2) is 0 Å². The van der Waals surface area contributed by atoms with E-state index in [1.54, 1.807) is 0 Å². The van der Waals surface area contributed by atoms with Gasteiger partial charge in [-0.3, -0.25) is 0 Å². The van der Waals surface area contributed by atoms with Crippen LogP contribution in [0.3, 0.4) is 0 Å². The van der Waals surface area contributed by atoms with Crippen LogP contribution in [0, 0.1) is 78.6 Å². The molecule has 0 unspecified atom stereocenters. The zero-order valence-corrected chi connectivity index (χ0v) is 8.51. The molecule has 24 valence electrons. The number of hydrogen-bond donors (Lipinski definition) is 0. The van der Waals surface area contributed by atoms with Gasteiger partial charge in [0.15, 0.2) is 0 Å². The Bertz CT molecular complexity index is 8.00. The predicted octanol–water partition coefficient (Wildman–Crippen LogP) is -0.919. The van der Waals surface area contributed by atoms with Gasteiger partial charge in [0.2, 0.25) is 0 Å². The molecule has 0 bridgehead atoms. The Kier molecular flexibility index (Phi) is 89.8. The molecule has 2 radical (unpaired) electrons. The van der Waals surface area contributed by atoms with Crippen molar-refractivity contribution in [2.24, 2.45) is 0 Å². The molecule has 0 heterocycles. The van der Waals surface area contributed by atoms with Crippen LogP contribution in [0.15, 0.2) is 0 Å². The van der Waals surface area contributed by atoms with Crippen molar-refractivity contribution in [1.82, 2.24) is 0 Å². The maximum absolute atomic E-state index is 0. The summed E-state index contributed by atoms with van der Waals surface area (Å²) in [5.41, 5.74) is 0. The van der Waals surface area contributed by atoms with Gasteiger partial charge in [-0.05, 0) is 0 Å². The summed E-state index contributed by atoms with van der Waals surface area (Å²) in [6, 6.07) is 0. The largest absolute Gasteiger partial charge is 0 e. The summed E-state index contributed by atoms with van der Waals surface area (Å²) in [6.07, 6.45) is 0. The Labute approximate surface area is 154 Å². The maximum Gasteiger partial charge on any atom is 0 e. The maximum atomic E-state index is 0. The Morgan fingerprint density at radius 2 is 1.00 bits per heavy atom. The van der Waals surface area contributed by atoms with Crippen LogP contribution in [-0.2, 0) is 32.7 Å². The minimum Gasteiger partial charge on any atom is 0 e. The van der Waals surface area contributed by atoms with Crippen LogP contribution in [0.2, 0.25) is 0 Å². The summed E-state index contributed by atoms with van der Waals surface area (Å²) < 4.78 is 0. The van der Waals surface area contributed by atoms with E-state index in [4.69, 9.17) is 0 Å². The minimum absolute atomic E-state index is 0. The zero-order chi connectivity index (χ0) is 0. The van der Waals surface area contributed by atoms with Crippen molar-refractivity contribution in [2.75, 3.05) is 0 Å². The summed E-state index contributed by atoms with van der Waals surface area (Å²) >= 11 is 0. The molecule has 0 aromatic heterocycles. The van der Waals surface area contributed by atoms with E-state index in [9.17, 15) is 0 Å². The Morgan fingerprint density at radius 3 is 1.00 bits per heavy atom. The third-order valence-electron chi connectivity index (χ3n) is 0. The van der Waals surface area contributed by atoms with Crippen LogP contribution >= 0.6 is 0 Å². The molecule has 4 heavy (non-hydrogen) atoms. The molecule has 0 aliphatic heterocycles. The monoisotopic (exact) mass is 546 g/mol. The molecule has 0 fully saturated rings. The Balaban J connectivity index is 0. The van der Waals surface area contributed by atoms with Gasteiger partial charge in [-0.15, -0.1) is 0 Å². The molecular formula is H2BaGdTbY. The van der Waals surface area contributed by atoms with Gasteiger partial charge >= 0.3 is 48.9 Å². The van der Waals surface area contributed by atoms with Crippen LogP contribution < -0.4 is 0 Å². The molecule has 0 aliphatic rings. The standard InChI is InChI=1S/Ba.Gd.Tb.Y.2H. The first-order valence-corrected chi connectivity index (χ1v) is 0. The Morgan fingerprint density at radius 1 is 1.00 bits per heavy atom. The molecule has 0 amide bonds. The molecule has 0 aromatic carbocycles. The fourth-order valence-corrected chi connectivity index (χ4v) is 0. The average molecular weight is 544 g/mol. The third kappa shape index (κ3) is 10.3. The molecule has 0 N–H and O–H groups in total. The molecule has 4 heteroatoms. The first-order chi connectivity index (χ1) is 0. The molecule has 0 saturated heterocycles. The normalized spacial score (nSPS) is 0. The van der Waals surface area contributed by atoms with Gasteiger partial charge in [0.1, 0.15) is 0 Å². The van der Waals surface area contributed by atoms with E-state index in [1.165, 1.54) is 0 Å². The molecular weight excluding hydrogens is 542 g/mol. The van der Waals surface area contributed by atoms with Crippen LogP contribution in [0.5, 0.6) is 0 Å². The van der Waals surface area contributed by atoms with Crippen molar-refractivity contribution >= 4 is 48.9 Å². The second kappa shape index (κ2) is 15.7. The summed E-state index contributed by atoms with van der Waals surface area (Å²) in [5, 5.41) is 0. The summed E-state index contributed by atoms with van der Waals surface area (Å²) in [4.78, 5) is 0. The fourth-order valence-electron chi connectivity index (χ4n) is 0. The molecule has 0 spiro atoms. The topological polar surface area (TPSA) is 0 Å². The van der Waals surface area contributed by atoms with Crippen molar-refractivity contribution < 1.29 is 111 Å². The molecule has 0 rings (SSSR count). The van der Waals surface area contributed by atoms with E-state index in [1.807, 2.05) is 0 Å². The quantitative estimate of drug-likeness (QED) is 0.347. The van der Waals surface area contributed by atoms with Gasteiger partial charge < -0.3 is 0 Å². The summed E-state index contributed by atoms with van der Waals surface area (Å²) in [5.74, 6) is 0. The first kappa shape index (κ1) is 22.8. The van der Waals surface area contributed by atoms with E-state index in [2.05, 4.69) is 0 Å². The Hall–Kier alpha value is 5.29. The fraction of sp³-hybridized carbons (Fsp3) is 0. The van der Waals surface area contributed by atoms with E-state index in [0.29, 0.717) is 0 Å². The van der Waals surface area contributed by atoms with Crippen molar-refractivity contribution in [3.63, 3.8) is 0 Å². The van der Waals surface area contributed by atoms with Crippen LogP contribution in [-0.4, -0.2) is 48.9 Å². The van der Waals surface area contributed by atoms with Gasteiger partial charge in [0.05, 0.1) is 0 Å². The van der Waals surface area contributed by atoms with E-state index >= 15 is 0 Å². The van der Waals surface area contributed by atoms with Crippen molar-refractivity contribution in [3.8, 4) is 0 Å². The third-order valence-corrected chi connectivity index (χ3v) is 0. The van der Waals surface area contributed by atoms with Gasteiger partial charge in [0, 0.05) is 111 Å².